The van der Waals surface area contributed by atoms with E-state index in [1.54, 1.807) is 7.11 Å². The number of para-hydroxylation sites is 1. The van der Waals surface area contributed by atoms with Gasteiger partial charge in [0.05, 0.1) is 18.9 Å². The average Bonchev–Trinajstić information content (AvgIpc) is 2.80. The van der Waals surface area contributed by atoms with Crippen LogP contribution in [-0.4, -0.2) is 30.1 Å². The molecule has 2 aromatic carbocycles. The van der Waals surface area contributed by atoms with Crippen molar-refractivity contribution in [2.45, 2.75) is 66.7 Å². The van der Waals surface area contributed by atoms with Crippen LogP contribution in [0, 0.1) is 6.92 Å². The van der Waals surface area contributed by atoms with Gasteiger partial charge in [-0.05, 0) is 57.9 Å². The Hall–Kier alpha value is -2.85. The molecule has 0 saturated heterocycles. The molecule has 0 aliphatic heterocycles. The summed E-state index contributed by atoms with van der Waals surface area (Å²) in [5.41, 5.74) is 8.25. The zero-order valence-corrected chi connectivity index (χ0v) is 21.2. The molecule has 33 heavy (non-hydrogen) atoms. The zero-order valence-electron chi connectivity index (χ0n) is 21.2. The normalized spacial score (nSPS) is 11.3. The first-order valence-electron chi connectivity index (χ1n) is 12.0. The Balaban J connectivity index is 2.00. The maximum Gasteiger partial charge on any atom is 0.128 e. The van der Waals surface area contributed by atoms with Crippen molar-refractivity contribution in [1.82, 2.24) is 9.88 Å². The topological polar surface area (TPSA) is 34.6 Å². The van der Waals surface area contributed by atoms with Gasteiger partial charge in [-0.15, -0.1) is 0 Å². The minimum Gasteiger partial charge on any atom is -0.496 e. The van der Waals surface area contributed by atoms with Crippen LogP contribution in [0.25, 0.3) is 11.3 Å². The van der Waals surface area contributed by atoms with Crippen LogP contribution in [0.3, 0.4) is 0 Å². The average molecular weight is 447 g/mol. The van der Waals surface area contributed by atoms with E-state index in [1.165, 1.54) is 22.3 Å². The van der Waals surface area contributed by atoms with Gasteiger partial charge in [0, 0.05) is 41.5 Å². The van der Waals surface area contributed by atoms with Crippen molar-refractivity contribution in [3.8, 4) is 22.8 Å². The molecule has 4 nitrogen and oxygen atoms in total. The molecule has 0 spiro atoms. The first kappa shape index (κ1) is 24.8. The van der Waals surface area contributed by atoms with E-state index >= 15 is 0 Å². The number of benzene rings is 2. The van der Waals surface area contributed by atoms with Gasteiger partial charge >= 0.3 is 0 Å². The molecule has 0 atom stereocenters. The Labute approximate surface area is 199 Å². The molecule has 0 saturated carbocycles. The number of ether oxygens (including phenoxy) is 2. The largest absolute Gasteiger partial charge is 0.496 e. The highest BCUT2D eigenvalue weighted by molar-refractivity contribution is 5.70. The molecule has 0 N–H and O–H groups in total. The number of methoxy groups -OCH3 is 1. The number of rotatable bonds is 10. The predicted octanol–water partition coefficient (Wildman–Crippen LogP) is 6.61. The molecule has 1 heterocycles. The maximum absolute atomic E-state index is 6.34. The van der Waals surface area contributed by atoms with E-state index in [9.17, 15) is 0 Å². The van der Waals surface area contributed by atoms with Gasteiger partial charge in [0.15, 0.2) is 0 Å². The Morgan fingerprint density at radius 2 is 1.52 bits per heavy atom. The number of nitrogens with zero attached hydrogens (tertiary/aromatic N) is 2. The van der Waals surface area contributed by atoms with Crippen molar-refractivity contribution in [2.24, 2.45) is 0 Å². The van der Waals surface area contributed by atoms with Crippen LogP contribution in [0.4, 0.5) is 0 Å². The standard InChI is InChI=1S/C29H38N2O2/c1-8-22-14-12-15-23(9-2)29(22)26-17-28(33-20(3)4)25(21(5)30-26)19-31(6)18-24-13-10-11-16-27(24)32-7/h10-17,20H,8-9,18-19H2,1-7H3. The number of hydrogen-bond acceptors (Lipinski definition) is 4. The number of hydrogen-bond donors (Lipinski definition) is 0. The van der Waals surface area contributed by atoms with Crippen LogP contribution < -0.4 is 9.47 Å². The van der Waals surface area contributed by atoms with Crippen molar-refractivity contribution in [2.75, 3.05) is 14.2 Å². The molecule has 3 aromatic rings. The highest BCUT2D eigenvalue weighted by atomic mass is 16.5. The summed E-state index contributed by atoms with van der Waals surface area (Å²) in [6, 6.07) is 16.9. The number of aromatic nitrogens is 1. The van der Waals surface area contributed by atoms with Gasteiger partial charge in [-0.3, -0.25) is 9.88 Å². The summed E-state index contributed by atoms with van der Waals surface area (Å²) in [7, 11) is 3.85. The molecule has 3 rings (SSSR count). The molecule has 0 aliphatic carbocycles. The van der Waals surface area contributed by atoms with Crippen molar-refractivity contribution in [3.05, 3.63) is 76.5 Å². The minimum atomic E-state index is 0.0880. The van der Waals surface area contributed by atoms with Crippen LogP contribution in [-0.2, 0) is 25.9 Å². The van der Waals surface area contributed by atoms with Crippen LogP contribution in [0.2, 0.25) is 0 Å². The van der Waals surface area contributed by atoms with E-state index in [0.29, 0.717) is 0 Å². The molecule has 176 valence electrons. The van der Waals surface area contributed by atoms with Crippen molar-refractivity contribution in [3.63, 3.8) is 0 Å². The van der Waals surface area contributed by atoms with Crippen LogP contribution in [0.15, 0.2) is 48.5 Å². The third kappa shape index (κ3) is 5.94. The summed E-state index contributed by atoms with van der Waals surface area (Å²) in [6.07, 6.45) is 2.05. The van der Waals surface area contributed by atoms with Gasteiger partial charge in [-0.25, -0.2) is 0 Å². The van der Waals surface area contributed by atoms with Crippen LogP contribution in [0.1, 0.15) is 55.6 Å². The Morgan fingerprint density at radius 3 is 2.12 bits per heavy atom. The number of aryl methyl sites for hydroxylation is 3. The fourth-order valence-electron chi connectivity index (χ4n) is 4.37. The fraction of sp³-hybridized carbons (Fsp3) is 0.414. The second kappa shape index (κ2) is 11.3. The van der Waals surface area contributed by atoms with E-state index in [1.807, 2.05) is 12.1 Å². The first-order valence-corrected chi connectivity index (χ1v) is 12.0. The van der Waals surface area contributed by atoms with Gasteiger partial charge in [-0.1, -0.05) is 50.2 Å². The Bertz CT molecular complexity index is 1050. The van der Waals surface area contributed by atoms with Crippen molar-refractivity contribution >= 4 is 0 Å². The van der Waals surface area contributed by atoms with E-state index in [-0.39, 0.29) is 6.10 Å². The van der Waals surface area contributed by atoms with Crippen molar-refractivity contribution in [1.29, 1.82) is 0 Å². The lowest BCUT2D eigenvalue weighted by molar-refractivity contribution is 0.232. The molecule has 0 amide bonds. The summed E-state index contributed by atoms with van der Waals surface area (Å²) in [6.45, 7) is 12.2. The molecule has 0 radical (unpaired) electrons. The third-order valence-electron chi connectivity index (χ3n) is 5.97. The SMILES string of the molecule is CCc1cccc(CC)c1-c1cc(OC(C)C)c(CN(C)Cc2ccccc2OC)c(C)n1. The summed E-state index contributed by atoms with van der Waals surface area (Å²) in [5.74, 6) is 1.84. The van der Waals surface area contributed by atoms with Gasteiger partial charge in [0.25, 0.3) is 0 Å². The summed E-state index contributed by atoms with van der Waals surface area (Å²) in [4.78, 5) is 7.37. The van der Waals surface area contributed by atoms with E-state index in [0.717, 1.165) is 54.4 Å². The van der Waals surface area contributed by atoms with E-state index < -0.39 is 0 Å². The van der Waals surface area contributed by atoms with Gasteiger partial charge in [0.1, 0.15) is 11.5 Å². The van der Waals surface area contributed by atoms with Crippen molar-refractivity contribution < 1.29 is 9.47 Å². The van der Waals surface area contributed by atoms with Crippen LogP contribution in [0.5, 0.6) is 11.5 Å². The van der Waals surface area contributed by atoms with Gasteiger partial charge in [-0.2, -0.15) is 0 Å². The summed E-state index contributed by atoms with van der Waals surface area (Å²) >= 11 is 0. The minimum absolute atomic E-state index is 0.0880. The molecule has 0 aliphatic rings. The first-order chi connectivity index (χ1) is 15.9. The number of pyridine rings is 1. The second-order valence-electron chi connectivity index (χ2n) is 8.88. The highest BCUT2D eigenvalue weighted by Crippen LogP contribution is 2.34. The zero-order chi connectivity index (χ0) is 24.0. The predicted molar refractivity (Wildman–Crippen MR) is 137 cm³/mol. The lowest BCUT2D eigenvalue weighted by Gasteiger charge is -2.23. The second-order valence-corrected chi connectivity index (χ2v) is 8.88. The van der Waals surface area contributed by atoms with E-state index in [4.69, 9.17) is 14.5 Å². The molecule has 0 bridgehead atoms. The van der Waals surface area contributed by atoms with Gasteiger partial charge in [0.2, 0.25) is 0 Å². The summed E-state index contributed by atoms with van der Waals surface area (Å²) < 4.78 is 11.9. The molecular weight excluding hydrogens is 408 g/mol. The Kier molecular flexibility index (Phi) is 8.51. The molecule has 0 unspecified atom stereocenters. The molecule has 4 heteroatoms. The third-order valence-corrected chi connectivity index (χ3v) is 5.97. The lowest BCUT2D eigenvalue weighted by atomic mass is 9.94. The molecule has 1 aromatic heterocycles. The quantitative estimate of drug-likeness (QED) is 0.351. The summed E-state index contributed by atoms with van der Waals surface area (Å²) in [5, 5.41) is 0. The van der Waals surface area contributed by atoms with Crippen LogP contribution >= 0.6 is 0 Å². The fourth-order valence-corrected chi connectivity index (χ4v) is 4.37. The highest BCUT2D eigenvalue weighted by Gasteiger charge is 2.18. The monoisotopic (exact) mass is 446 g/mol. The lowest BCUT2D eigenvalue weighted by Crippen LogP contribution is -2.20. The van der Waals surface area contributed by atoms with E-state index in [2.05, 4.69) is 83.0 Å². The molecular formula is C29H38N2O2. The molecule has 0 fully saturated rings. The van der Waals surface area contributed by atoms with Gasteiger partial charge < -0.3 is 9.47 Å². The maximum atomic E-state index is 6.34. The smallest absolute Gasteiger partial charge is 0.128 e. The Morgan fingerprint density at radius 1 is 0.879 bits per heavy atom.